The Bertz CT molecular complexity index is 705. The first-order valence-electron chi connectivity index (χ1n) is 5.56. The van der Waals surface area contributed by atoms with Gasteiger partial charge < -0.3 is 0 Å². The third-order valence-corrected chi connectivity index (χ3v) is 4.19. The van der Waals surface area contributed by atoms with Crippen LogP contribution in [0, 0.1) is 6.92 Å². The summed E-state index contributed by atoms with van der Waals surface area (Å²) in [6.45, 7) is 3.24. The van der Waals surface area contributed by atoms with Crippen molar-refractivity contribution in [1.29, 1.82) is 0 Å². The summed E-state index contributed by atoms with van der Waals surface area (Å²) >= 11 is 0. The van der Waals surface area contributed by atoms with E-state index in [1.165, 1.54) is 31.5 Å². The average Bonchev–Trinajstić information content (AvgIpc) is 2.39. The Morgan fingerprint density at radius 2 is 1.58 bits per heavy atom. The molecule has 5 nitrogen and oxygen atoms in total. The first-order chi connectivity index (χ1) is 8.91. The van der Waals surface area contributed by atoms with Gasteiger partial charge in [0.05, 0.1) is 10.5 Å². The molecule has 0 fully saturated rings. The fourth-order valence-electron chi connectivity index (χ4n) is 1.46. The number of benzene rings is 1. The molecule has 0 N–H and O–H groups in total. The lowest BCUT2D eigenvalue weighted by Crippen LogP contribution is -2.08. The lowest BCUT2D eigenvalue weighted by molar-refractivity contribution is 0.101. The molecule has 0 spiro atoms. The van der Waals surface area contributed by atoms with Gasteiger partial charge in [0.15, 0.2) is 5.78 Å². The van der Waals surface area contributed by atoms with Gasteiger partial charge in [-0.2, -0.15) is 0 Å². The van der Waals surface area contributed by atoms with Gasteiger partial charge >= 0.3 is 0 Å². The third kappa shape index (κ3) is 2.68. The molecule has 0 atom stereocenters. The highest BCUT2D eigenvalue weighted by Crippen LogP contribution is 2.17. The summed E-state index contributed by atoms with van der Waals surface area (Å²) in [4.78, 5) is 18.7. The monoisotopic (exact) mass is 276 g/mol. The largest absolute Gasteiger partial charge is 0.294 e. The minimum absolute atomic E-state index is 0.133. The van der Waals surface area contributed by atoms with Gasteiger partial charge in [-0.05, 0) is 26.0 Å². The summed E-state index contributed by atoms with van der Waals surface area (Å²) in [6, 6.07) is 6.42. The number of carbonyl (C=O) groups is 1. The van der Waals surface area contributed by atoms with E-state index in [-0.39, 0.29) is 21.4 Å². The van der Waals surface area contributed by atoms with E-state index in [9.17, 15) is 13.2 Å². The van der Waals surface area contributed by atoms with Gasteiger partial charge in [0.1, 0.15) is 0 Å². The van der Waals surface area contributed by atoms with Crippen LogP contribution in [0.4, 0.5) is 0 Å². The first kappa shape index (κ1) is 13.4. The van der Waals surface area contributed by atoms with E-state index in [0.29, 0.717) is 0 Å². The highest BCUT2D eigenvalue weighted by Gasteiger charge is 2.20. The van der Waals surface area contributed by atoms with Gasteiger partial charge in [-0.3, -0.25) is 4.79 Å². The highest BCUT2D eigenvalue weighted by molar-refractivity contribution is 7.91. The lowest BCUT2D eigenvalue weighted by Gasteiger charge is -2.03. The van der Waals surface area contributed by atoms with E-state index in [2.05, 4.69) is 9.97 Å². The SMILES string of the molecule is CC(=O)c1cnc(S(=O)(=O)c2ccc(C)cc2)nc1. The van der Waals surface area contributed by atoms with Crippen LogP contribution in [0.2, 0.25) is 0 Å². The molecule has 98 valence electrons. The van der Waals surface area contributed by atoms with E-state index in [1.807, 2.05) is 6.92 Å². The van der Waals surface area contributed by atoms with E-state index in [0.717, 1.165) is 5.56 Å². The molecule has 0 saturated carbocycles. The number of Topliss-reactive ketones (excluding diaryl/α,β-unsaturated/α-hetero) is 1. The van der Waals surface area contributed by atoms with E-state index in [1.54, 1.807) is 12.1 Å². The summed E-state index contributed by atoms with van der Waals surface area (Å²) in [5, 5.41) is -0.304. The standard InChI is InChI=1S/C13H12N2O3S/c1-9-3-5-12(6-4-9)19(17,18)13-14-7-11(8-15-13)10(2)16/h3-8H,1-2H3. The number of carbonyl (C=O) groups excluding carboxylic acids is 1. The van der Waals surface area contributed by atoms with Crippen LogP contribution < -0.4 is 0 Å². The van der Waals surface area contributed by atoms with Crippen molar-refractivity contribution in [1.82, 2.24) is 9.97 Å². The number of nitrogens with zero attached hydrogens (tertiary/aromatic N) is 2. The molecule has 6 heteroatoms. The molecule has 0 amide bonds. The summed E-state index contributed by atoms with van der Waals surface area (Å²) in [5.74, 6) is -0.209. The normalized spacial score (nSPS) is 11.3. The van der Waals surface area contributed by atoms with Crippen molar-refractivity contribution in [2.75, 3.05) is 0 Å². The zero-order valence-electron chi connectivity index (χ0n) is 10.5. The Balaban J connectivity index is 2.44. The van der Waals surface area contributed by atoms with Crippen LogP contribution >= 0.6 is 0 Å². The zero-order valence-corrected chi connectivity index (χ0v) is 11.3. The molecule has 2 rings (SSSR count). The van der Waals surface area contributed by atoms with Gasteiger partial charge in [-0.25, -0.2) is 18.4 Å². The summed E-state index contributed by atoms with van der Waals surface area (Å²) in [5.41, 5.74) is 1.25. The van der Waals surface area contributed by atoms with E-state index < -0.39 is 9.84 Å². The summed E-state index contributed by atoms with van der Waals surface area (Å²) < 4.78 is 24.4. The van der Waals surface area contributed by atoms with Gasteiger partial charge in [-0.1, -0.05) is 17.7 Å². The number of sulfone groups is 1. The third-order valence-electron chi connectivity index (χ3n) is 2.61. The topological polar surface area (TPSA) is 77.0 Å². The second-order valence-electron chi connectivity index (χ2n) is 4.13. The molecule has 1 aromatic carbocycles. The van der Waals surface area contributed by atoms with E-state index in [4.69, 9.17) is 0 Å². The minimum atomic E-state index is -3.73. The van der Waals surface area contributed by atoms with Crippen molar-refractivity contribution in [2.45, 2.75) is 23.9 Å². The maximum absolute atomic E-state index is 12.2. The smallest absolute Gasteiger partial charge is 0.251 e. The summed E-state index contributed by atoms with van der Waals surface area (Å²) in [6.07, 6.45) is 2.44. The van der Waals surface area contributed by atoms with Crippen LogP contribution in [0.5, 0.6) is 0 Å². The Kier molecular flexibility index (Phi) is 3.44. The Morgan fingerprint density at radius 3 is 2.05 bits per heavy atom. The zero-order chi connectivity index (χ0) is 14.0. The first-order valence-corrected chi connectivity index (χ1v) is 7.04. The quantitative estimate of drug-likeness (QED) is 0.631. The fraction of sp³-hybridized carbons (Fsp3) is 0.154. The maximum Gasteiger partial charge on any atom is 0.251 e. The molecule has 0 aliphatic rings. The number of rotatable bonds is 3. The summed E-state index contributed by atoms with van der Waals surface area (Å²) in [7, 11) is -3.73. The van der Waals surface area contributed by atoms with Crippen molar-refractivity contribution in [3.8, 4) is 0 Å². The Hall–Kier alpha value is -2.08. The van der Waals surface area contributed by atoms with Gasteiger partial charge in [0.25, 0.3) is 5.16 Å². The fourth-order valence-corrected chi connectivity index (χ4v) is 2.55. The predicted octanol–water partition coefficient (Wildman–Crippen LogP) is 1.82. The van der Waals surface area contributed by atoms with Crippen molar-refractivity contribution in [3.63, 3.8) is 0 Å². The number of hydrogen-bond acceptors (Lipinski definition) is 5. The molecule has 1 heterocycles. The Morgan fingerprint density at radius 1 is 1.05 bits per heavy atom. The second kappa shape index (κ2) is 4.89. The molecule has 0 aliphatic carbocycles. The van der Waals surface area contributed by atoms with Crippen LogP contribution in [0.1, 0.15) is 22.8 Å². The van der Waals surface area contributed by atoms with Crippen molar-refractivity contribution in [2.24, 2.45) is 0 Å². The number of aryl methyl sites for hydroxylation is 1. The number of aromatic nitrogens is 2. The van der Waals surface area contributed by atoms with Crippen LogP contribution in [0.15, 0.2) is 46.7 Å². The Labute approximate surface area is 111 Å². The van der Waals surface area contributed by atoms with Gasteiger partial charge in [0, 0.05) is 12.4 Å². The van der Waals surface area contributed by atoms with Crippen LogP contribution in [-0.2, 0) is 9.84 Å². The van der Waals surface area contributed by atoms with Gasteiger partial charge in [0.2, 0.25) is 9.84 Å². The van der Waals surface area contributed by atoms with Crippen molar-refractivity contribution >= 4 is 15.6 Å². The van der Waals surface area contributed by atoms with Gasteiger partial charge in [-0.15, -0.1) is 0 Å². The molecule has 19 heavy (non-hydrogen) atoms. The van der Waals surface area contributed by atoms with Crippen LogP contribution in [-0.4, -0.2) is 24.2 Å². The molecule has 0 bridgehead atoms. The van der Waals surface area contributed by atoms with Crippen LogP contribution in [0.25, 0.3) is 0 Å². The molecular weight excluding hydrogens is 264 g/mol. The minimum Gasteiger partial charge on any atom is -0.294 e. The molecule has 0 aliphatic heterocycles. The molecular formula is C13H12N2O3S. The number of hydrogen-bond donors (Lipinski definition) is 0. The van der Waals surface area contributed by atoms with Crippen molar-refractivity contribution < 1.29 is 13.2 Å². The second-order valence-corrected chi connectivity index (χ2v) is 5.97. The predicted molar refractivity (Wildman–Crippen MR) is 68.7 cm³/mol. The van der Waals surface area contributed by atoms with Crippen molar-refractivity contribution in [3.05, 3.63) is 47.8 Å². The molecule has 0 saturated heterocycles. The lowest BCUT2D eigenvalue weighted by atomic mass is 10.2. The molecule has 0 radical (unpaired) electrons. The van der Waals surface area contributed by atoms with E-state index >= 15 is 0 Å². The average molecular weight is 276 g/mol. The molecule has 0 unspecified atom stereocenters. The van der Waals surface area contributed by atoms with Crippen LogP contribution in [0.3, 0.4) is 0 Å². The maximum atomic E-state index is 12.2. The highest BCUT2D eigenvalue weighted by atomic mass is 32.2. The number of ketones is 1. The molecule has 2 aromatic rings. The molecule has 1 aromatic heterocycles.